The Morgan fingerprint density at radius 2 is 2.00 bits per heavy atom. The van der Waals surface area contributed by atoms with Gasteiger partial charge in [0.05, 0.1) is 12.2 Å². The van der Waals surface area contributed by atoms with Crippen molar-refractivity contribution >= 4 is 17.7 Å². The summed E-state index contributed by atoms with van der Waals surface area (Å²) in [4.78, 5) is 19.4. The number of amides is 1. The number of fused-ring (bicyclic) bond motifs is 2. The highest BCUT2D eigenvalue weighted by Crippen LogP contribution is 2.31. The van der Waals surface area contributed by atoms with Crippen LogP contribution < -0.4 is 10.1 Å². The number of rotatable bonds is 6. The lowest BCUT2D eigenvalue weighted by molar-refractivity contribution is -0.121. The summed E-state index contributed by atoms with van der Waals surface area (Å²) in [5, 5.41) is 4.08. The van der Waals surface area contributed by atoms with Crippen molar-refractivity contribution in [2.24, 2.45) is 0 Å². The molecule has 0 saturated heterocycles. The predicted octanol–water partition coefficient (Wildman–Crippen LogP) is 3.63. The van der Waals surface area contributed by atoms with Crippen LogP contribution >= 0.6 is 11.8 Å². The van der Waals surface area contributed by atoms with Gasteiger partial charge in [-0.15, -0.1) is 0 Å². The van der Waals surface area contributed by atoms with Crippen LogP contribution in [0.25, 0.3) is 0 Å². The second-order valence-corrected chi connectivity index (χ2v) is 9.01. The summed E-state index contributed by atoms with van der Waals surface area (Å²) in [5.74, 6) is 2.06. The summed E-state index contributed by atoms with van der Waals surface area (Å²) in [6.45, 7) is 3.69. The molecule has 5 rings (SSSR count). The number of aromatic nitrogens is 2. The molecule has 2 aliphatic heterocycles. The number of aryl methyl sites for hydroxylation is 1. The van der Waals surface area contributed by atoms with E-state index in [0.717, 1.165) is 53.1 Å². The van der Waals surface area contributed by atoms with Crippen LogP contribution in [0.3, 0.4) is 0 Å². The van der Waals surface area contributed by atoms with Crippen LogP contribution in [0.5, 0.6) is 5.75 Å². The minimum atomic E-state index is -0.0571. The maximum atomic E-state index is 12.5. The van der Waals surface area contributed by atoms with E-state index in [4.69, 9.17) is 4.74 Å². The fourth-order valence-corrected chi connectivity index (χ4v) is 5.04. The maximum Gasteiger partial charge on any atom is 0.221 e. The predicted molar refractivity (Wildman–Crippen MR) is 121 cm³/mol. The lowest BCUT2D eigenvalue weighted by Crippen LogP contribution is -2.33. The number of nitrogens with one attached hydrogen (secondary N) is 1. The molecule has 1 atom stereocenters. The SMILES string of the molecule is O=C(CCN1Cc2ccccc2O[C@H](c2ccccc2)C1)NCc1cn2c(n1)SCC2. The third-order valence-electron chi connectivity index (χ3n) is 5.71. The van der Waals surface area contributed by atoms with Gasteiger partial charge in [-0.25, -0.2) is 4.98 Å². The van der Waals surface area contributed by atoms with Gasteiger partial charge in [-0.2, -0.15) is 0 Å². The standard InChI is InChI=1S/C24H26N4O2S/c29-23(25-14-20-16-28-12-13-31-24(28)26-20)10-11-27-15-19-8-4-5-9-21(19)30-22(17-27)18-6-2-1-3-7-18/h1-9,16,22H,10-15,17H2,(H,25,29)/t22-/m0/s1. The molecule has 7 heteroatoms. The largest absolute Gasteiger partial charge is 0.484 e. The summed E-state index contributed by atoms with van der Waals surface area (Å²) in [6.07, 6.45) is 2.44. The zero-order valence-corrected chi connectivity index (χ0v) is 18.2. The van der Waals surface area contributed by atoms with E-state index in [1.807, 2.05) is 42.6 Å². The van der Waals surface area contributed by atoms with Gasteiger partial charge < -0.3 is 14.6 Å². The first kappa shape index (κ1) is 20.2. The van der Waals surface area contributed by atoms with Crippen LogP contribution in [0.1, 0.15) is 29.3 Å². The first-order valence-corrected chi connectivity index (χ1v) is 11.7. The van der Waals surface area contributed by atoms with E-state index in [0.29, 0.717) is 19.5 Å². The molecule has 0 unspecified atom stereocenters. The van der Waals surface area contributed by atoms with Gasteiger partial charge in [0, 0.05) is 50.1 Å². The number of hydrogen-bond acceptors (Lipinski definition) is 5. The van der Waals surface area contributed by atoms with Crippen LogP contribution in [-0.4, -0.2) is 39.2 Å². The van der Waals surface area contributed by atoms with Gasteiger partial charge in [-0.3, -0.25) is 9.69 Å². The number of hydrogen-bond donors (Lipinski definition) is 1. The zero-order valence-electron chi connectivity index (χ0n) is 17.4. The minimum absolute atomic E-state index is 0.0514. The second-order valence-electron chi connectivity index (χ2n) is 7.94. The Morgan fingerprint density at radius 3 is 2.87 bits per heavy atom. The summed E-state index contributed by atoms with van der Waals surface area (Å²) in [7, 11) is 0. The number of benzene rings is 2. The average Bonchev–Trinajstić information content (AvgIpc) is 3.33. The van der Waals surface area contributed by atoms with Crippen molar-refractivity contribution in [3.05, 3.63) is 77.6 Å². The van der Waals surface area contributed by atoms with E-state index in [2.05, 4.69) is 38.0 Å². The van der Waals surface area contributed by atoms with Gasteiger partial charge in [0.25, 0.3) is 0 Å². The smallest absolute Gasteiger partial charge is 0.221 e. The lowest BCUT2D eigenvalue weighted by atomic mass is 10.1. The van der Waals surface area contributed by atoms with Crippen LogP contribution in [0, 0.1) is 0 Å². The van der Waals surface area contributed by atoms with Crippen molar-refractivity contribution in [1.82, 2.24) is 19.8 Å². The highest BCUT2D eigenvalue weighted by atomic mass is 32.2. The molecular formula is C24H26N4O2S. The van der Waals surface area contributed by atoms with E-state index in [-0.39, 0.29) is 12.0 Å². The normalized spacial score (nSPS) is 18.0. The summed E-state index contributed by atoms with van der Waals surface area (Å²) < 4.78 is 8.52. The molecule has 0 aliphatic carbocycles. The van der Waals surface area contributed by atoms with Crippen LogP contribution in [0.2, 0.25) is 0 Å². The summed E-state index contributed by atoms with van der Waals surface area (Å²) >= 11 is 1.77. The number of imidazole rings is 1. The van der Waals surface area contributed by atoms with E-state index in [1.165, 1.54) is 0 Å². The highest BCUT2D eigenvalue weighted by molar-refractivity contribution is 7.99. The molecule has 3 heterocycles. The number of thioether (sulfide) groups is 1. The molecule has 0 fully saturated rings. The minimum Gasteiger partial charge on any atom is -0.484 e. The van der Waals surface area contributed by atoms with Gasteiger partial charge in [0.1, 0.15) is 11.9 Å². The Bertz CT molecular complexity index is 1030. The topological polar surface area (TPSA) is 59.4 Å². The van der Waals surface area contributed by atoms with E-state index < -0.39 is 0 Å². The van der Waals surface area contributed by atoms with Gasteiger partial charge in [-0.1, -0.05) is 60.3 Å². The molecule has 1 aromatic heterocycles. The molecule has 1 amide bonds. The van der Waals surface area contributed by atoms with Gasteiger partial charge in [-0.05, 0) is 11.6 Å². The lowest BCUT2D eigenvalue weighted by Gasteiger charge is -2.24. The number of ether oxygens (including phenoxy) is 1. The molecule has 3 aromatic rings. The molecule has 2 aromatic carbocycles. The monoisotopic (exact) mass is 434 g/mol. The fourth-order valence-electron chi connectivity index (χ4n) is 4.08. The Labute approximate surface area is 186 Å². The summed E-state index contributed by atoms with van der Waals surface area (Å²) in [6, 6.07) is 18.5. The van der Waals surface area contributed by atoms with Crippen molar-refractivity contribution in [1.29, 1.82) is 0 Å². The number of para-hydroxylation sites is 1. The Hall–Kier alpha value is -2.77. The molecular weight excluding hydrogens is 408 g/mol. The highest BCUT2D eigenvalue weighted by Gasteiger charge is 2.24. The number of carbonyl (C=O) groups excluding carboxylic acids is 1. The van der Waals surface area contributed by atoms with Gasteiger partial charge in [0.2, 0.25) is 5.91 Å². The van der Waals surface area contributed by atoms with Crippen molar-refractivity contribution in [3.63, 3.8) is 0 Å². The molecule has 0 bridgehead atoms. The molecule has 6 nitrogen and oxygen atoms in total. The molecule has 0 radical (unpaired) electrons. The van der Waals surface area contributed by atoms with Crippen molar-refractivity contribution < 1.29 is 9.53 Å². The fraction of sp³-hybridized carbons (Fsp3) is 0.333. The van der Waals surface area contributed by atoms with Crippen LogP contribution in [-0.2, 0) is 24.4 Å². The first-order valence-electron chi connectivity index (χ1n) is 10.7. The third kappa shape index (κ3) is 4.78. The van der Waals surface area contributed by atoms with Crippen molar-refractivity contribution in [2.45, 2.75) is 37.3 Å². The maximum absolute atomic E-state index is 12.5. The zero-order chi connectivity index (χ0) is 21.0. The Balaban J connectivity index is 1.20. The van der Waals surface area contributed by atoms with Crippen LogP contribution in [0.4, 0.5) is 0 Å². The third-order valence-corrected chi connectivity index (χ3v) is 6.68. The molecule has 1 N–H and O–H groups in total. The number of nitrogens with zero attached hydrogens (tertiary/aromatic N) is 3. The first-order chi connectivity index (χ1) is 15.2. The molecule has 0 saturated carbocycles. The van der Waals surface area contributed by atoms with Gasteiger partial charge in [0.15, 0.2) is 5.16 Å². The quantitative estimate of drug-likeness (QED) is 0.642. The van der Waals surface area contributed by atoms with Gasteiger partial charge >= 0.3 is 0 Å². The molecule has 0 spiro atoms. The molecule has 160 valence electrons. The second kappa shape index (κ2) is 9.16. The van der Waals surface area contributed by atoms with Crippen LogP contribution in [0.15, 0.2) is 66.0 Å². The Kier molecular flexibility index (Phi) is 5.95. The van der Waals surface area contributed by atoms with E-state index in [1.54, 1.807) is 11.8 Å². The number of carbonyl (C=O) groups is 1. The van der Waals surface area contributed by atoms with E-state index in [9.17, 15) is 4.79 Å². The molecule has 31 heavy (non-hydrogen) atoms. The van der Waals surface area contributed by atoms with Crippen molar-refractivity contribution in [2.75, 3.05) is 18.8 Å². The molecule has 2 aliphatic rings. The summed E-state index contributed by atoms with van der Waals surface area (Å²) in [5.41, 5.74) is 3.24. The average molecular weight is 435 g/mol. The van der Waals surface area contributed by atoms with E-state index >= 15 is 0 Å². The van der Waals surface area contributed by atoms with Crippen molar-refractivity contribution in [3.8, 4) is 5.75 Å². The Morgan fingerprint density at radius 1 is 1.16 bits per heavy atom.